The van der Waals surface area contributed by atoms with Gasteiger partial charge in [-0.25, -0.2) is 13.2 Å². The summed E-state index contributed by atoms with van der Waals surface area (Å²) in [5, 5.41) is 14.4. The minimum absolute atomic E-state index is 0.0390. The number of aryl methyl sites for hydroxylation is 2. The zero-order valence-corrected chi connectivity index (χ0v) is 31.2. The normalized spacial score (nSPS) is 12.5. The number of rotatable bonds is 17. The van der Waals surface area contributed by atoms with Crippen LogP contribution in [0.3, 0.4) is 0 Å². The van der Waals surface area contributed by atoms with Gasteiger partial charge in [-0.3, -0.25) is 0 Å². The summed E-state index contributed by atoms with van der Waals surface area (Å²) in [6.07, 6.45) is -0.0196. The molecule has 0 saturated heterocycles. The Morgan fingerprint density at radius 3 is 2.00 bits per heavy atom. The molecule has 0 fully saturated rings. The first-order valence-corrected chi connectivity index (χ1v) is 19.2. The Balaban J connectivity index is 1.12. The van der Waals surface area contributed by atoms with Gasteiger partial charge in [0.1, 0.15) is 42.0 Å². The van der Waals surface area contributed by atoms with Gasteiger partial charge in [0.2, 0.25) is 0 Å². The molecule has 53 heavy (non-hydrogen) atoms. The van der Waals surface area contributed by atoms with E-state index in [1.807, 2.05) is 111 Å². The number of nitrogens with two attached hydrogens (primary N) is 1. The van der Waals surface area contributed by atoms with Crippen LogP contribution in [0.25, 0.3) is 11.1 Å². The molecule has 278 valence electrons. The smallest absolute Gasteiger partial charge is 0.344 e. The van der Waals surface area contributed by atoms with Gasteiger partial charge < -0.3 is 35.1 Å². The minimum Gasteiger partial charge on any atom is -0.492 e. The van der Waals surface area contributed by atoms with Gasteiger partial charge in [-0.1, -0.05) is 78.9 Å². The van der Waals surface area contributed by atoms with Crippen molar-refractivity contribution in [3.63, 3.8) is 0 Å². The Labute approximate surface area is 311 Å². The lowest BCUT2D eigenvalue weighted by atomic mass is 9.95. The van der Waals surface area contributed by atoms with Gasteiger partial charge in [-0.05, 0) is 84.5 Å². The first-order valence-electron chi connectivity index (χ1n) is 17.3. The summed E-state index contributed by atoms with van der Waals surface area (Å²) in [7, 11) is -3.77. The maximum absolute atomic E-state index is 12.7. The topological polar surface area (TPSA) is 146 Å². The molecule has 10 nitrogen and oxygen atoms in total. The third-order valence-electron chi connectivity index (χ3n) is 8.68. The van der Waals surface area contributed by atoms with Crippen molar-refractivity contribution in [2.45, 2.75) is 51.0 Å². The Hall–Kier alpha value is -5.36. The summed E-state index contributed by atoms with van der Waals surface area (Å²) in [6.45, 7) is 6.76. The third kappa shape index (κ3) is 10.6. The molecule has 0 unspecified atom stereocenters. The number of nitrogen functional groups attached to an aromatic ring is 1. The van der Waals surface area contributed by atoms with Crippen LogP contribution in [0.5, 0.6) is 17.2 Å². The van der Waals surface area contributed by atoms with Crippen LogP contribution >= 0.6 is 0 Å². The predicted molar refractivity (Wildman–Crippen MR) is 206 cm³/mol. The molecule has 0 saturated carbocycles. The van der Waals surface area contributed by atoms with E-state index in [1.54, 1.807) is 13.0 Å². The molecule has 0 radical (unpaired) electrons. The van der Waals surface area contributed by atoms with Crippen LogP contribution in [0.2, 0.25) is 0 Å². The summed E-state index contributed by atoms with van der Waals surface area (Å²) >= 11 is 0. The van der Waals surface area contributed by atoms with Crippen molar-refractivity contribution in [2.24, 2.45) is 0 Å². The van der Waals surface area contributed by atoms with Gasteiger partial charge in [-0.2, -0.15) is 0 Å². The average Bonchev–Trinajstić information content (AvgIpc) is 3.14. The van der Waals surface area contributed by atoms with Crippen LogP contribution in [0.4, 0.5) is 5.69 Å². The monoisotopic (exact) mass is 738 g/mol. The standard InChI is InChI=1S/C42H46N2O8S/c1-28-23-35(24-29(2)39(28)33-15-17-34(18-16-33)50-27-38(45)52-26-32-13-9-6-10-14-32)49-22-21-44-30(3)41(46)36-19-20-37(42(40(36)43)53(4,47)48)51-25-31-11-7-5-8-12-31/h5-20,23-24,30,41,44,46H,21-22,25-27,43H2,1-4H3/t30-,41-/m0/s1. The van der Waals surface area contributed by atoms with Gasteiger partial charge in [0.15, 0.2) is 16.4 Å². The van der Waals surface area contributed by atoms with Crippen LogP contribution in [0.1, 0.15) is 40.8 Å². The fraction of sp³-hybridized carbons (Fsp3) is 0.262. The molecule has 2 atom stereocenters. The molecule has 0 aliphatic carbocycles. The Kier molecular flexibility index (Phi) is 13.1. The van der Waals surface area contributed by atoms with Gasteiger partial charge in [0.25, 0.3) is 0 Å². The number of carbonyl (C=O) groups excluding carboxylic acids is 1. The SMILES string of the molecule is Cc1cc(OCCN[C@@H](C)[C@H](O)c2ccc(OCc3ccccc3)c(S(C)(=O)=O)c2N)cc(C)c1-c1ccc(OCC(=O)OCc2ccccc2)cc1. The number of carbonyl (C=O) groups is 1. The molecular weight excluding hydrogens is 693 g/mol. The predicted octanol–water partition coefficient (Wildman–Crippen LogP) is 6.75. The van der Waals surface area contributed by atoms with Crippen LogP contribution in [0.15, 0.2) is 114 Å². The number of aliphatic hydroxyl groups is 1. The molecule has 0 bridgehead atoms. The molecule has 4 N–H and O–H groups in total. The molecule has 5 aromatic rings. The molecule has 11 heteroatoms. The fourth-order valence-corrected chi connectivity index (χ4v) is 7.03. The number of anilines is 1. The number of ether oxygens (including phenoxy) is 4. The first kappa shape index (κ1) is 38.9. The second-order valence-electron chi connectivity index (χ2n) is 12.9. The van der Waals surface area contributed by atoms with Gasteiger partial charge in [-0.15, -0.1) is 0 Å². The summed E-state index contributed by atoms with van der Waals surface area (Å²) in [4.78, 5) is 12.0. The Morgan fingerprint density at radius 1 is 0.792 bits per heavy atom. The number of aliphatic hydroxyl groups excluding tert-OH is 1. The van der Waals surface area contributed by atoms with Crippen molar-refractivity contribution < 1.29 is 37.3 Å². The van der Waals surface area contributed by atoms with Gasteiger partial charge in [0.05, 0.1) is 11.8 Å². The lowest BCUT2D eigenvalue weighted by Crippen LogP contribution is -2.35. The highest BCUT2D eigenvalue weighted by molar-refractivity contribution is 7.91. The van der Waals surface area contributed by atoms with Crippen LogP contribution in [-0.2, 0) is 32.6 Å². The van der Waals surface area contributed by atoms with E-state index < -0.39 is 28.0 Å². The maximum atomic E-state index is 12.7. The number of hydrogen-bond acceptors (Lipinski definition) is 10. The van der Waals surface area contributed by atoms with E-state index in [9.17, 15) is 18.3 Å². The van der Waals surface area contributed by atoms with Crippen LogP contribution in [-0.4, -0.2) is 51.5 Å². The highest BCUT2D eigenvalue weighted by atomic mass is 32.2. The molecule has 0 aliphatic heterocycles. The maximum Gasteiger partial charge on any atom is 0.344 e. The lowest BCUT2D eigenvalue weighted by molar-refractivity contribution is -0.147. The van der Waals surface area contributed by atoms with E-state index in [0.29, 0.717) is 30.2 Å². The van der Waals surface area contributed by atoms with Crippen molar-refractivity contribution in [3.05, 3.63) is 137 Å². The Morgan fingerprint density at radius 2 is 1.40 bits per heavy atom. The third-order valence-corrected chi connectivity index (χ3v) is 9.84. The summed E-state index contributed by atoms with van der Waals surface area (Å²) in [5.74, 6) is 0.969. The van der Waals surface area contributed by atoms with E-state index in [2.05, 4.69) is 5.32 Å². The molecule has 0 spiro atoms. The lowest BCUT2D eigenvalue weighted by Gasteiger charge is -2.24. The second kappa shape index (κ2) is 17.9. The van der Waals surface area contributed by atoms with Crippen molar-refractivity contribution in [1.82, 2.24) is 5.32 Å². The summed E-state index contributed by atoms with van der Waals surface area (Å²) in [5.41, 5.74) is 12.5. The number of sulfone groups is 1. The molecule has 0 heterocycles. The van der Waals surface area contributed by atoms with Crippen molar-refractivity contribution >= 4 is 21.5 Å². The van der Waals surface area contributed by atoms with Crippen molar-refractivity contribution in [1.29, 1.82) is 0 Å². The summed E-state index contributed by atoms with van der Waals surface area (Å²) in [6, 6.07) is 33.1. The summed E-state index contributed by atoms with van der Waals surface area (Å²) < 4.78 is 48.3. The van der Waals surface area contributed by atoms with Crippen molar-refractivity contribution in [2.75, 3.05) is 31.7 Å². The molecule has 5 aromatic carbocycles. The minimum atomic E-state index is -3.77. The van der Waals surface area contributed by atoms with Gasteiger partial charge >= 0.3 is 5.97 Å². The van der Waals surface area contributed by atoms with Crippen LogP contribution < -0.4 is 25.3 Å². The van der Waals surface area contributed by atoms with E-state index >= 15 is 0 Å². The zero-order valence-electron chi connectivity index (χ0n) is 30.4. The zero-order chi connectivity index (χ0) is 38.0. The van der Waals surface area contributed by atoms with E-state index in [4.69, 9.17) is 24.7 Å². The number of esters is 1. The number of benzene rings is 5. The van der Waals surface area contributed by atoms with Crippen molar-refractivity contribution in [3.8, 4) is 28.4 Å². The first-order chi connectivity index (χ1) is 25.4. The fourth-order valence-electron chi connectivity index (χ4n) is 6.02. The van der Waals surface area contributed by atoms with Crippen LogP contribution in [0, 0.1) is 13.8 Å². The molecular formula is C42H46N2O8S. The number of hydrogen-bond donors (Lipinski definition) is 3. The Bertz CT molecular complexity index is 2070. The quantitative estimate of drug-likeness (QED) is 0.0532. The molecule has 0 aromatic heterocycles. The molecule has 0 aliphatic rings. The highest BCUT2D eigenvalue weighted by Crippen LogP contribution is 2.37. The number of nitrogens with one attached hydrogen (secondary N) is 1. The highest BCUT2D eigenvalue weighted by Gasteiger charge is 2.26. The van der Waals surface area contributed by atoms with E-state index in [1.165, 1.54) is 6.07 Å². The molecule has 5 rings (SSSR count). The molecule has 0 amide bonds. The van der Waals surface area contributed by atoms with E-state index in [-0.39, 0.29) is 36.2 Å². The largest absolute Gasteiger partial charge is 0.492 e. The van der Waals surface area contributed by atoms with E-state index in [0.717, 1.165) is 39.6 Å². The van der Waals surface area contributed by atoms with Gasteiger partial charge in [0, 0.05) is 24.4 Å². The second-order valence-corrected chi connectivity index (χ2v) is 14.8. The average molecular weight is 739 g/mol.